The smallest absolute Gasteiger partial charge is 0.339 e. The van der Waals surface area contributed by atoms with Gasteiger partial charge in [0.25, 0.3) is 0 Å². The highest BCUT2D eigenvalue weighted by molar-refractivity contribution is 9.09. The zero-order chi connectivity index (χ0) is 14.8. The highest BCUT2D eigenvalue weighted by Gasteiger charge is 2.43. The zero-order valence-corrected chi connectivity index (χ0v) is 13.0. The van der Waals surface area contributed by atoms with Crippen molar-refractivity contribution in [3.05, 3.63) is 0 Å². The summed E-state index contributed by atoms with van der Waals surface area (Å²) in [4.78, 5) is 14.4. The van der Waals surface area contributed by atoms with Gasteiger partial charge in [-0.2, -0.15) is 13.2 Å². The number of hydrogen-bond acceptors (Lipinski definition) is 1. The standard InChI is InChI=1S/C14H21BrF3NO/c15-9-12-3-1-2-8-19(12)13(20)10-4-6-11(7-5-10)14(16,17)18/h10-12H,1-9H2. The van der Waals surface area contributed by atoms with Crippen molar-refractivity contribution >= 4 is 21.8 Å². The molecular formula is C14H21BrF3NO. The molecule has 2 fully saturated rings. The molecule has 1 atom stereocenters. The van der Waals surface area contributed by atoms with E-state index in [0.717, 1.165) is 31.1 Å². The molecule has 0 bridgehead atoms. The monoisotopic (exact) mass is 355 g/mol. The molecule has 20 heavy (non-hydrogen) atoms. The molecule has 1 heterocycles. The molecule has 2 rings (SSSR count). The Morgan fingerprint density at radius 1 is 1.10 bits per heavy atom. The van der Waals surface area contributed by atoms with E-state index in [-0.39, 0.29) is 30.7 Å². The van der Waals surface area contributed by atoms with Crippen molar-refractivity contribution in [2.24, 2.45) is 11.8 Å². The number of hydrogen-bond donors (Lipinski definition) is 0. The van der Waals surface area contributed by atoms with E-state index in [1.165, 1.54) is 0 Å². The first-order valence-corrected chi connectivity index (χ1v) is 8.48. The van der Waals surface area contributed by atoms with Crippen molar-refractivity contribution in [3.63, 3.8) is 0 Å². The van der Waals surface area contributed by atoms with Gasteiger partial charge in [-0.25, -0.2) is 0 Å². The van der Waals surface area contributed by atoms with Crippen molar-refractivity contribution in [1.29, 1.82) is 0 Å². The maximum atomic E-state index is 12.6. The van der Waals surface area contributed by atoms with Crippen LogP contribution in [0.2, 0.25) is 0 Å². The molecular weight excluding hydrogens is 335 g/mol. The number of likely N-dealkylation sites (tertiary alicyclic amines) is 1. The molecule has 1 aliphatic carbocycles. The third-order valence-electron chi connectivity index (χ3n) is 4.63. The van der Waals surface area contributed by atoms with Gasteiger partial charge in [0.05, 0.1) is 5.92 Å². The lowest BCUT2D eigenvalue weighted by molar-refractivity contribution is -0.185. The number of amides is 1. The fourth-order valence-electron chi connectivity index (χ4n) is 3.35. The van der Waals surface area contributed by atoms with Crippen LogP contribution in [0, 0.1) is 11.8 Å². The van der Waals surface area contributed by atoms with Crippen LogP contribution in [-0.4, -0.2) is 34.9 Å². The average molecular weight is 356 g/mol. The maximum absolute atomic E-state index is 12.6. The molecule has 2 nitrogen and oxygen atoms in total. The number of halogens is 4. The molecule has 1 saturated carbocycles. The Morgan fingerprint density at radius 3 is 2.30 bits per heavy atom. The van der Waals surface area contributed by atoms with Gasteiger partial charge in [-0.05, 0) is 44.9 Å². The van der Waals surface area contributed by atoms with Gasteiger partial charge >= 0.3 is 6.18 Å². The lowest BCUT2D eigenvalue weighted by atomic mass is 9.80. The van der Waals surface area contributed by atoms with Crippen molar-refractivity contribution in [3.8, 4) is 0 Å². The summed E-state index contributed by atoms with van der Waals surface area (Å²) in [5.41, 5.74) is 0. The van der Waals surface area contributed by atoms with Crippen LogP contribution in [0.3, 0.4) is 0 Å². The average Bonchev–Trinajstić information content (AvgIpc) is 2.45. The maximum Gasteiger partial charge on any atom is 0.391 e. The van der Waals surface area contributed by atoms with E-state index in [4.69, 9.17) is 0 Å². The minimum absolute atomic E-state index is 0.0785. The van der Waals surface area contributed by atoms with Gasteiger partial charge in [-0.3, -0.25) is 4.79 Å². The Balaban J connectivity index is 1.91. The van der Waals surface area contributed by atoms with Crippen LogP contribution in [-0.2, 0) is 4.79 Å². The molecule has 1 aliphatic heterocycles. The lowest BCUT2D eigenvalue weighted by Gasteiger charge is -2.39. The molecule has 6 heteroatoms. The topological polar surface area (TPSA) is 20.3 Å². The van der Waals surface area contributed by atoms with Gasteiger partial charge in [-0.1, -0.05) is 15.9 Å². The molecule has 0 aromatic heterocycles. The molecule has 0 aromatic rings. The van der Waals surface area contributed by atoms with E-state index in [1.807, 2.05) is 4.90 Å². The van der Waals surface area contributed by atoms with E-state index in [9.17, 15) is 18.0 Å². The van der Waals surface area contributed by atoms with Crippen LogP contribution in [0.15, 0.2) is 0 Å². The molecule has 0 N–H and O–H groups in total. The summed E-state index contributed by atoms with van der Waals surface area (Å²) in [6, 6.07) is 0.219. The van der Waals surface area contributed by atoms with E-state index < -0.39 is 12.1 Å². The van der Waals surface area contributed by atoms with Crippen molar-refractivity contribution < 1.29 is 18.0 Å². The van der Waals surface area contributed by atoms with Gasteiger partial charge in [0, 0.05) is 23.8 Å². The highest BCUT2D eigenvalue weighted by Crippen LogP contribution is 2.40. The number of nitrogens with zero attached hydrogens (tertiary/aromatic N) is 1. The van der Waals surface area contributed by atoms with E-state index in [2.05, 4.69) is 15.9 Å². The SMILES string of the molecule is O=C(C1CCC(C(F)(F)F)CC1)N1CCCCC1CBr. The second kappa shape index (κ2) is 6.67. The lowest BCUT2D eigenvalue weighted by Crippen LogP contribution is -2.48. The van der Waals surface area contributed by atoms with Gasteiger partial charge in [0.15, 0.2) is 0 Å². The minimum Gasteiger partial charge on any atom is -0.339 e. The van der Waals surface area contributed by atoms with Crippen LogP contribution < -0.4 is 0 Å². The van der Waals surface area contributed by atoms with Crippen LogP contribution in [0.25, 0.3) is 0 Å². The number of alkyl halides is 4. The fourth-order valence-corrected chi connectivity index (χ4v) is 4.03. The van der Waals surface area contributed by atoms with Gasteiger partial charge in [0.2, 0.25) is 5.91 Å². The molecule has 116 valence electrons. The molecule has 1 saturated heterocycles. The predicted molar refractivity (Wildman–Crippen MR) is 74.6 cm³/mol. The Labute approximate surface area is 126 Å². The van der Waals surface area contributed by atoms with Gasteiger partial charge in [-0.15, -0.1) is 0 Å². The predicted octanol–water partition coefficient (Wildman–Crippen LogP) is 4.13. The largest absolute Gasteiger partial charge is 0.391 e. The van der Waals surface area contributed by atoms with Crippen molar-refractivity contribution in [1.82, 2.24) is 4.90 Å². The second-order valence-corrected chi connectivity index (χ2v) is 6.57. The quantitative estimate of drug-likeness (QED) is 0.682. The van der Waals surface area contributed by atoms with Crippen molar-refractivity contribution in [2.75, 3.05) is 11.9 Å². The Kier molecular flexibility index (Phi) is 5.37. The summed E-state index contributed by atoms with van der Waals surface area (Å²) >= 11 is 3.44. The fraction of sp³-hybridized carbons (Fsp3) is 0.929. The normalized spacial score (nSPS) is 32.2. The van der Waals surface area contributed by atoms with Crippen LogP contribution in [0.5, 0.6) is 0 Å². The number of carbonyl (C=O) groups excluding carboxylic acids is 1. The van der Waals surface area contributed by atoms with E-state index in [1.54, 1.807) is 0 Å². The summed E-state index contributed by atoms with van der Waals surface area (Å²) in [5, 5.41) is 0.761. The van der Waals surface area contributed by atoms with Crippen LogP contribution >= 0.6 is 15.9 Å². The number of piperidine rings is 1. The summed E-state index contributed by atoms with van der Waals surface area (Å²) in [6.07, 6.45) is 0.00288. The number of carbonyl (C=O) groups is 1. The molecule has 0 aromatic carbocycles. The molecule has 1 amide bonds. The Hall–Kier alpha value is -0.260. The molecule has 2 aliphatic rings. The Morgan fingerprint density at radius 2 is 1.75 bits per heavy atom. The van der Waals surface area contributed by atoms with E-state index >= 15 is 0 Å². The van der Waals surface area contributed by atoms with Gasteiger partial charge < -0.3 is 4.90 Å². The first-order chi connectivity index (χ1) is 9.43. The van der Waals surface area contributed by atoms with Crippen LogP contribution in [0.1, 0.15) is 44.9 Å². The first-order valence-electron chi connectivity index (χ1n) is 7.36. The Bertz CT molecular complexity index is 340. The summed E-state index contributed by atoms with van der Waals surface area (Å²) < 4.78 is 37.9. The summed E-state index contributed by atoms with van der Waals surface area (Å²) in [5.74, 6) is -1.33. The minimum atomic E-state index is -4.10. The van der Waals surface area contributed by atoms with Crippen LogP contribution in [0.4, 0.5) is 13.2 Å². The third-order valence-corrected chi connectivity index (χ3v) is 5.38. The highest BCUT2D eigenvalue weighted by atomic mass is 79.9. The zero-order valence-electron chi connectivity index (χ0n) is 11.5. The first kappa shape index (κ1) is 16.1. The summed E-state index contributed by atoms with van der Waals surface area (Å²) in [6.45, 7) is 0.758. The molecule has 0 radical (unpaired) electrons. The van der Waals surface area contributed by atoms with Crippen molar-refractivity contribution in [2.45, 2.75) is 57.2 Å². The second-order valence-electron chi connectivity index (χ2n) is 5.93. The number of rotatable bonds is 2. The molecule has 1 unspecified atom stereocenters. The van der Waals surface area contributed by atoms with Gasteiger partial charge in [0.1, 0.15) is 0 Å². The summed E-state index contributed by atoms with van der Waals surface area (Å²) in [7, 11) is 0. The van der Waals surface area contributed by atoms with E-state index in [0.29, 0.717) is 12.8 Å². The third kappa shape index (κ3) is 3.68. The molecule has 0 spiro atoms.